The van der Waals surface area contributed by atoms with Gasteiger partial charge in [-0.1, -0.05) is 12.6 Å². The van der Waals surface area contributed by atoms with Crippen molar-refractivity contribution in [1.82, 2.24) is 4.90 Å². The molecule has 0 unspecified atom stereocenters. The van der Waals surface area contributed by atoms with Crippen LogP contribution in [0.2, 0.25) is 12.6 Å². The average Bonchev–Trinajstić information content (AvgIpc) is 2.53. The molecule has 1 rings (SSSR count). The van der Waals surface area contributed by atoms with Gasteiger partial charge in [0, 0.05) is 31.7 Å². The van der Waals surface area contributed by atoms with E-state index in [0.717, 1.165) is 42.6 Å². The molecular formula is C16H24F2N2OSi2. The van der Waals surface area contributed by atoms with Gasteiger partial charge in [-0.05, 0) is 38.0 Å². The van der Waals surface area contributed by atoms with Crippen molar-refractivity contribution in [2.24, 2.45) is 4.99 Å². The fraction of sp³-hybridized carbons (Fsp3) is 0.562. The van der Waals surface area contributed by atoms with Gasteiger partial charge in [-0.2, -0.15) is 0 Å². The number of nitrogens with zero attached hydrogens (tertiary/aromatic N) is 2. The molecule has 0 atom stereocenters. The molecule has 0 saturated heterocycles. The van der Waals surface area contributed by atoms with E-state index in [1.807, 2.05) is 25.8 Å². The molecule has 0 amide bonds. The van der Waals surface area contributed by atoms with E-state index in [1.54, 1.807) is 12.4 Å². The molecule has 0 aliphatic rings. The molecule has 0 spiro atoms. The maximum atomic E-state index is 13.3. The summed E-state index contributed by atoms with van der Waals surface area (Å²) in [5.41, 5.74) is 1.31. The summed E-state index contributed by atoms with van der Waals surface area (Å²) >= 11 is 0. The minimum absolute atomic E-state index is 0.0817. The van der Waals surface area contributed by atoms with Gasteiger partial charge in [0.25, 0.3) is 6.43 Å². The van der Waals surface area contributed by atoms with Gasteiger partial charge in [0.2, 0.25) is 0 Å². The van der Waals surface area contributed by atoms with Crippen LogP contribution in [0.1, 0.15) is 30.9 Å². The zero-order valence-corrected chi connectivity index (χ0v) is 16.2. The first-order valence-electron chi connectivity index (χ1n) is 7.69. The van der Waals surface area contributed by atoms with Crippen molar-refractivity contribution in [3.8, 4) is 5.75 Å². The summed E-state index contributed by atoms with van der Waals surface area (Å²) in [6, 6.07) is 4.21. The van der Waals surface area contributed by atoms with Gasteiger partial charge in [-0.25, -0.2) is 13.8 Å². The Morgan fingerprint density at radius 3 is 2.74 bits per heavy atom. The van der Waals surface area contributed by atoms with Gasteiger partial charge < -0.3 is 9.64 Å². The number of halogens is 2. The van der Waals surface area contributed by atoms with Crippen molar-refractivity contribution >= 4 is 30.1 Å². The molecule has 23 heavy (non-hydrogen) atoms. The highest BCUT2D eigenvalue weighted by molar-refractivity contribution is 6.99. The maximum absolute atomic E-state index is 13.3. The van der Waals surface area contributed by atoms with Crippen LogP contribution < -0.4 is 4.74 Å². The first kappa shape index (κ1) is 19.8. The van der Waals surface area contributed by atoms with Crippen LogP contribution in [0.3, 0.4) is 0 Å². The lowest BCUT2D eigenvalue weighted by molar-refractivity contribution is 0.145. The number of benzene rings is 1. The molecule has 0 aliphatic heterocycles. The summed E-state index contributed by atoms with van der Waals surface area (Å²) in [4.78, 5) is 6.19. The molecule has 0 N–H and O–H groups in total. The number of aryl methyl sites for hydroxylation is 1. The second-order valence-electron chi connectivity index (χ2n) is 5.17. The van der Waals surface area contributed by atoms with E-state index in [2.05, 4.69) is 11.5 Å². The summed E-state index contributed by atoms with van der Waals surface area (Å²) < 4.78 is 32.2. The Hall–Kier alpha value is -1.22. The highest BCUT2D eigenvalue weighted by Crippen LogP contribution is 2.35. The van der Waals surface area contributed by atoms with Gasteiger partial charge in [-0.3, -0.25) is 0 Å². The van der Waals surface area contributed by atoms with Crippen molar-refractivity contribution < 1.29 is 13.5 Å². The van der Waals surface area contributed by atoms with E-state index in [9.17, 15) is 8.78 Å². The fourth-order valence-electron chi connectivity index (χ4n) is 1.83. The van der Waals surface area contributed by atoms with Gasteiger partial charge >= 0.3 is 0 Å². The molecule has 0 aliphatic carbocycles. The fourth-order valence-corrected chi connectivity index (χ4v) is 3.68. The molecule has 1 aromatic rings. The van der Waals surface area contributed by atoms with Crippen molar-refractivity contribution in [3.05, 3.63) is 23.3 Å². The lowest BCUT2D eigenvalue weighted by Crippen LogP contribution is -2.14. The SMILES string of the molecule is CCN(C)C=Nc1cc(C(F)F)c(OCCC[Si][Si]C)cc1C. The van der Waals surface area contributed by atoms with Crippen LogP contribution >= 0.6 is 0 Å². The van der Waals surface area contributed by atoms with Crippen LogP contribution in [0.4, 0.5) is 14.5 Å². The van der Waals surface area contributed by atoms with Gasteiger partial charge in [0.1, 0.15) is 5.75 Å². The van der Waals surface area contributed by atoms with Gasteiger partial charge in [0.15, 0.2) is 0 Å². The van der Waals surface area contributed by atoms with E-state index in [0.29, 0.717) is 12.3 Å². The number of alkyl halides is 2. The van der Waals surface area contributed by atoms with E-state index >= 15 is 0 Å². The summed E-state index contributed by atoms with van der Waals surface area (Å²) in [6.45, 7) is 7.33. The zero-order chi connectivity index (χ0) is 17.2. The number of aliphatic imine (C=N–C) groups is 1. The minimum atomic E-state index is -2.57. The van der Waals surface area contributed by atoms with Crippen LogP contribution in [-0.2, 0) is 0 Å². The van der Waals surface area contributed by atoms with Gasteiger partial charge in [0.05, 0.1) is 24.2 Å². The molecule has 0 bridgehead atoms. The Morgan fingerprint density at radius 2 is 2.13 bits per heavy atom. The maximum Gasteiger partial charge on any atom is 0.267 e. The molecule has 7 heteroatoms. The molecule has 0 saturated carbocycles. The van der Waals surface area contributed by atoms with Crippen LogP contribution in [0.15, 0.2) is 17.1 Å². The largest absolute Gasteiger partial charge is 0.493 e. The van der Waals surface area contributed by atoms with Crippen LogP contribution in [0.5, 0.6) is 5.75 Å². The highest BCUT2D eigenvalue weighted by Gasteiger charge is 2.16. The van der Waals surface area contributed by atoms with E-state index in [-0.39, 0.29) is 11.3 Å². The van der Waals surface area contributed by atoms with E-state index in [4.69, 9.17) is 4.74 Å². The minimum Gasteiger partial charge on any atom is -0.493 e. The molecule has 126 valence electrons. The summed E-state index contributed by atoms with van der Waals surface area (Å²) in [7, 11) is 3.79. The molecule has 1 aromatic carbocycles. The predicted octanol–water partition coefficient (Wildman–Crippen LogP) is 4.10. The monoisotopic (exact) mass is 354 g/mol. The van der Waals surface area contributed by atoms with Crippen LogP contribution in [-0.4, -0.2) is 49.5 Å². The van der Waals surface area contributed by atoms with Crippen LogP contribution in [0, 0.1) is 6.92 Å². The Morgan fingerprint density at radius 1 is 1.39 bits per heavy atom. The van der Waals surface area contributed by atoms with Crippen molar-refractivity contribution in [3.63, 3.8) is 0 Å². The Balaban J connectivity index is 2.86. The predicted molar refractivity (Wildman–Crippen MR) is 94.9 cm³/mol. The number of rotatable bonds is 10. The third kappa shape index (κ3) is 6.82. The molecule has 0 heterocycles. The quantitative estimate of drug-likeness (QED) is 0.273. The second-order valence-corrected chi connectivity index (χ2v) is 9.09. The Kier molecular flexibility index (Phi) is 9.09. The summed E-state index contributed by atoms with van der Waals surface area (Å²) in [5, 5.41) is 0. The van der Waals surface area contributed by atoms with E-state index in [1.165, 1.54) is 6.07 Å². The third-order valence-corrected chi connectivity index (χ3v) is 6.10. The zero-order valence-electron chi connectivity index (χ0n) is 14.2. The number of hydrogen-bond acceptors (Lipinski definition) is 2. The summed E-state index contributed by atoms with van der Waals surface area (Å²) in [6.07, 6.45) is -0.00490. The highest BCUT2D eigenvalue weighted by atomic mass is 29.1. The van der Waals surface area contributed by atoms with E-state index < -0.39 is 6.43 Å². The number of hydrogen-bond donors (Lipinski definition) is 0. The Bertz CT molecular complexity index is 513. The van der Waals surface area contributed by atoms with Crippen molar-refractivity contribution in [2.75, 3.05) is 20.2 Å². The lowest BCUT2D eigenvalue weighted by atomic mass is 10.1. The topological polar surface area (TPSA) is 24.8 Å². The van der Waals surface area contributed by atoms with Crippen molar-refractivity contribution in [1.29, 1.82) is 0 Å². The van der Waals surface area contributed by atoms with Crippen LogP contribution in [0.25, 0.3) is 0 Å². The number of ether oxygens (including phenoxy) is 1. The summed E-state index contributed by atoms with van der Waals surface area (Å²) in [5.74, 6) is 0.280. The molecular weight excluding hydrogens is 330 g/mol. The molecule has 0 aromatic heterocycles. The average molecular weight is 355 g/mol. The smallest absolute Gasteiger partial charge is 0.267 e. The second kappa shape index (κ2) is 10.5. The normalized spacial score (nSPS) is 11.4. The lowest BCUT2D eigenvalue weighted by Gasteiger charge is -2.14. The first-order chi connectivity index (χ1) is 11.0. The van der Waals surface area contributed by atoms with Crippen molar-refractivity contribution in [2.45, 2.75) is 39.3 Å². The molecule has 0 fully saturated rings. The van der Waals surface area contributed by atoms with Gasteiger partial charge in [-0.15, -0.1) is 0 Å². The first-order valence-corrected chi connectivity index (χ1v) is 11.4. The Labute approximate surface area is 142 Å². The molecule has 3 nitrogen and oxygen atoms in total. The standard InChI is InChI=1S/C16H24F2N2OSi2/c1-5-20(3)11-19-14-10-13(16(17)18)15(9-12(14)2)21-7-6-8-23-22-4/h9-11,16H,5-8H2,1-4H3. The third-order valence-electron chi connectivity index (χ3n) is 3.34. The molecule has 4 radical (unpaired) electrons.